The Labute approximate surface area is 121 Å². The summed E-state index contributed by atoms with van der Waals surface area (Å²) in [7, 11) is 0. The second-order valence-corrected chi connectivity index (χ2v) is 6.48. The maximum Gasteiger partial charge on any atom is 0.128 e. The molecule has 1 aliphatic rings. The summed E-state index contributed by atoms with van der Waals surface area (Å²) in [5.74, 6) is 2.36. The van der Waals surface area contributed by atoms with E-state index in [2.05, 4.69) is 59.9 Å². The van der Waals surface area contributed by atoms with Crippen LogP contribution in [-0.4, -0.2) is 35.6 Å². The summed E-state index contributed by atoms with van der Waals surface area (Å²) in [5, 5.41) is 4.22. The van der Waals surface area contributed by atoms with Crippen molar-refractivity contribution in [2.45, 2.75) is 38.5 Å². The second kappa shape index (κ2) is 7.15. The summed E-state index contributed by atoms with van der Waals surface area (Å²) >= 11 is 2.10. The highest BCUT2D eigenvalue weighted by Crippen LogP contribution is 2.26. The summed E-state index contributed by atoms with van der Waals surface area (Å²) in [5.41, 5.74) is 1.33. The highest BCUT2D eigenvalue weighted by atomic mass is 32.2. The number of aromatic nitrogens is 1. The minimum absolute atomic E-state index is 0.396. The van der Waals surface area contributed by atoms with Crippen LogP contribution in [0.5, 0.6) is 0 Å². The molecule has 1 fully saturated rings. The molecule has 1 saturated heterocycles. The van der Waals surface area contributed by atoms with Gasteiger partial charge in [-0.05, 0) is 37.6 Å². The summed E-state index contributed by atoms with van der Waals surface area (Å²) in [4.78, 5) is 7.00. The van der Waals surface area contributed by atoms with Gasteiger partial charge in [-0.3, -0.25) is 0 Å². The third kappa shape index (κ3) is 3.86. The first kappa shape index (κ1) is 14.7. The third-order valence-corrected chi connectivity index (χ3v) is 5.07. The van der Waals surface area contributed by atoms with Crippen molar-refractivity contribution in [1.29, 1.82) is 0 Å². The van der Waals surface area contributed by atoms with E-state index in [-0.39, 0.29) is 0 Å². The van der Waals surface area contributed by atoms with Crippen LogP contribution in [0.4, 0.5) is 5.82 Å². The Balaban J connectivity index is 2.09. The first-order valence-electron chi connectivity index (χ1n) is 7.30. The van der Waals surface area contributed by atoms with Gasteiger partial charge in [0.25, 0.3) is 0 Å². The highest BCUT2D eigenvalue weighted by molar-refractivity contribution is 8.00. The first-order chi connectivity index (χ1) is 9.24. The molecule has 2 heterocycles. The molecule has 2 unspecified atom stereocenters. The third-order valence-electron chi connectivity index (χ3n) is 3.70. The lowest BCUT2D eigenvalue weighted by Gasteiger charge is -2.33. The van der Waals surface area contributed by atoms with Crippen molar-refractivity contribution in [1.82, 2.24) is 10.3 Å². The molecule has 2 atom stereocenters. The van der Waals surface area contributed by atoms with Crippen molar-refractivity contribution >= 4 is 17.6 Å². The molecule has 0 radical (unpaired) electrons. The van der Waals surface area contributed by atoms with E-state index in [4.69, 9.17) is 0 Å². The van der Waals surface area contributed by atoms with E-state index < -0.39 is 0 Å². The van der Waals surface area contributed by atoms with Gasteiger partial charge < -0.3 is 10.2 Å². The lowest BCUT2D eigenvalue weighted by atomic mass is 10.1. The Morgan fingerprint density at radius 2 is 2.37 bits per heavy atom. The van der Waals surface area contributed by atoms with Crippen LogP contribution in [0.3, 0.4) is 0 Å². The number of anilines is 1. The second-order valence-electron chi connectivity index (χ2n) is 5.07. The molecule has 0 aliphatic carbocycles. The average Bonchev–Trinajstić information content (AvgIpc) is 2.48. The summed E-state index contributed by atoms with van der Waals surface area (Å²) in [6, 6.07) is 4.76. The molecule has 3 nitrogen and oxygen atoms in total. The van der Waals surface area contributed by atoms with Crippen LogP contribution in [0, 0.1) is 0 Å². The van der Waals surface area contributed by atoms with Gasteiger partial charge >= 0.3 is 0 Å². The van der Waals surface area contributed by atoms with E-state index in [1.807, 2.05) is 6.20 Å². The van der Waals surface area contributed by atoms with Crippen LogP contribution < -0.4 is 10.2 Å². The van der Waals surface area contributed by atoms with E-state index in [1.54, 1.807) is 0 Å². The Kier molecular flexibility index (Phi) is 5.52. The largest absolute Gasteiger partial charge is 0.355 e. The standard InChI is InChI=1S/C15H25N3S/c1-4-14-11-18(8-9-19-14)15-10-13(6-7-17-15)12(3)16-5-2/h6-7,10,12,14,16H,4-5,8-9,11H2,1-3H3. The Morgan fingerprint density at radius 1 is 1.53 bits per heavy atom. The lowest BCUT2D eigenvalue weighted by molar-refractivity contribution is 0.597. The highest BCUT2D eigenvalue weighted by Gasteiger charge is 2.20. The number of hydrogen-bond acceptors (Lipinski definition) is 4. The number of thioether (sulfide) groups is 1. The molecular formula is C15H25N3S. The molecule has 1 aliphatic heterocycles. The molecule has 1 aromatic rings. The predicted octanol–water partition coefficient (Wildman–Crippen LogP) is 3.08. The fourth-order valence-electron chi connectivity index (χ4n) is 2.47. The number of nitrogens with one attached hydrogen (secondary N) is 1. The zero-order valence-electron chi connectivity index (χ0n) is 12.2. The van der Waals surface area contributed by atoms with Gasteiger partial charge in [0.15, 0.2) is 0 Å². The van der Waals surface area contributed by atoms with Gasteiger partial charge in [-0.1, -0.05) is 13.8 Å². The monoisotopic (exact) mass is 279 g/mol. The Morgan fingerprint density at radius 3 is 3.11 bits per heavy atom. The van der Waals surface area contributed by atoms with Crippen molar-refractivity contribution in [3.63, 3.8) is 0 Å². The van der Waals surface area contributed by atoms with Gasteiger partial charge in [-0.15, -0.1) is 0 Å². The molecule has 19 heavy (non-hydrogen) atoms. The SMILES string of the molecule is CCNC(C)c1ccnc(N2CCSC(CC)C2)c1. The van der Waals surface area contributed by atoms with Crippen LogP contribution in [0.1, 0.15) is 38.8 Å². The molecule has 1 N–H and O–H groups in total. The molecule has 1 aromatic heterocycles. The number of pyridine rings is 1. The summed E-state index contributed by atoms with van der Waals surface area (Å²) in [6.07, 6.45) is 3.19. The van der Waals surface area contributed by atoms with Crippen molar-refractivity contribution in [3.05, 3.63) is 23.9 Å². The molecule has 2 rings (SSSR count). The van der Waals surface area contributed by atoms with Gasteiger partial charge in [-0.25, -0.2) is 4.98 Å². The number of nitrogens with zero attached hydrogens (tertiary/aromatic N) is 2. The average molecular weight is 279 g/mol. The van der Waals surface area contributed by atoms with E-state index in [1.165, 1.54) is 17.7 Å². The Hall–Kier alpha value is -0.740. The van der Waals surface area contributed by atoms with Crippen LogP contribution in [0.25, 0.3) is 0 Å². The van der Waals surface area contributed by atoms with E-state index >= 15 is 0 Å². The zero-order chi connectivity index (χ0) is 13.7. The van der Waals surface area contributed by atoms with Crippen molar-refractivity contribution in [2.75, 3.05) is 30.3 Å². The first-order valence-corrected chi connectivity index (χ1v) is 8.35. The van der Waals surface area contributed by atoms with Gasteiger partial charge in [0, 0.05) is 36.3 Å². The van der Waals surface area contributed by atoms with Crippen molar-refractivity contribution in [2.24, 2.45) is 0 Å². The minimum atomic E-state index is 0.396. The Bertz CT molecular complexity index is 397. The number of hydrogen-bond donors (Lipinski definition) is 1. The molecule has 0 spiro atoms. The van der Waals surface area contributed by atoms with E-state index in [9.17, 15) is 0 Å². The molecule has 0 aromatic carbocycles. The maximum absolute atomic E-state index is 4.56. The lowest BCUT2D eigenvalue weighted by Crippen LogP contribution is -2.38. The number of rotatable bonds is 5. The minimum Gasteiger partial charge on any atom is -0.355 e. The molecule has 106 valence electrons. The van der Waals surface area contributed by atoms with Gasteiger partial charge in [0.1, 0.15) is 5.82 Å². The topological polar surface area (TPSA) is 28.2 Å². The summed E-state index contributed by atoms with van der Waals surface area (Å²) in [6.45, 7) is 9.88. The summed E-state index contributed by atoms with van der Waals surface area (Å²) < 4.78 is 0. The fraction of sp³-hybridized carbons (Fsp3) is 0.667. The van der Waals surface area contributed by atoms with Crippen molar-refractivity contribution in [3.8, 4) is 0 Å². The van der Waals surface area contributed by atoms with Gasteiger partial charge in [0.05, 0.1) is 0 Å². The maximum atomic E-state index is 4.56. The molecular weight excluding hydrogens is 254 g/mol. The zero-order valence-corrected chi connectivity index (χ0v) is 13.0. The molecule has 0 bridgehead atoms. The normalized spacial score (nSPS) is 21.4. The van der Waals surface area contributed by atoms with E-state index in [0.717, 1.165) is 30.7 Å². The molecule has 0 amide bonds. The molecule has 0 saturated carbocycles. The van der Waals surface area contributed by atoms with Gasteiger partial charge in [-0.2, -0.15) is 11.8 Å². The fourth-order valence-corrected chi connectivity index (χ4v) is 3.66. The van der Waals surface area contributed by atoms with Gasteiger partial charge in [0.2, 0.25) is 0 Å². The quantitative estimate of drug-likeness (QED) is 0.896. The molecule has 4 heteroatoms. The van der Waals surface area contributed by atoms with E-state index in [0.29, 0.717) is 6.04 Å². The van der Waals surface area contributed by atoms with Crippen LogP contribution in [-0.2, 0) is 0 Å². The predicted molar refractivity (Wildman–Crippen MR) is 85.1 cm³/mol. The van der Waals surface area contributed by atoms with Crippen LogP contribution in [0.15, 0.2) is 18.3 Å². The van der Waals surface area contributed by atoms with Crippen molar-refractivity contribution < 1.29 is 0 Å². The van der Waals surface area contributed by atoms with Crippen LogP contribution in [0.2, 0.25) is 0 Å². The van der Waals surface area contributed by atoms with Crippen LogP contribution >= 0.6 is 11.8 Å². The smallest absolute Gasteiger partial charge is 0.128 e.